The molecule has 1 aromatic carbocycles. The van der Waals surface area contributed by atoms with Gasteiger partial charge in [0.05, 0.1) is 17.8 Å². The number of nitrogens with one attached hydrogen (secondary N) is 1. The van der Waals surface area contributed by atoms with E-state index >= 15 is 0 Å². The summed E-state index contributed by atoms with van der Waals surface area (Å²) in [6.45, 7) is 3.38. The molecule has 1 aliphatic carbocycles. The molecule has 0 atom stereocenters. The van der Waals surface area contributed by atoms with Gasteiger partial charge in [-0.3, -0.25) is 5.41 Å². The number of aromatic nitrogens is 1. The Bertz CT molecular complexity index is 834. The fourth-order valence-electron chi connectivity index (χ4n) is 4.06. The van der Waals surface area contributed by atoms with Gasteiger partial charge in [0.25, 0.3) is 0 Å². The largest absolute Gasteiger partial charge is 0.510 e. The van der Waals surface area contributed by atoms with Crippen molar-refractivity contribution in [1.29, 1.82) is 5.41 Å². The minimum atomic E-state index is 0.291. The summed E-state index contributed by atoms with van der Waals surface area (Å²) in [6.07, 6.45) is 6.42. The number of aliphatic hydroxyl groups excluding tert-OH is 1. The standard InChI is InChI=1S/C21H25N3OS/c1-14-19(16-10-6-3-7-11-16)23-21(26-14)18-17(25)13-24(20(18)22)12-15-8-4-2-5-9-15/h3,6-7,10-11,15,22,25H,2,4-5,8-9,12-13H2,1H3. The smallest absolute Gasteiger partial charge is 0.135 e. The zero-order valence-electron chi connectivity index (χ0n) is 15.2. The van der Waals surface area contributed by atoms with Crippen molar-refractivity contribution in [1.82, 2.24) is 9.88 Å². The van der Waals surface area contributed by atoms with Crippen LogP contribution in [0.4, 0.5) is 0 Å². The van der Waals surface area contributed by atoms with Gasteiger partial charge in [-0.1, -0.05) is 49.6 Å². The molecule has 0 amide bonds. The molecular formula is C21H25N3OS. The third kappa shape index (κ3) is 3.28. The second-order valence-electron chi connectivity index (χ2n) is 7.34. The molecule has 0 spiro atoms. The van der Waals surface area contributed by atoms with E-state index < -0.39 is 0 Å². The summed E-state index contributed by atoms with van der Waals surface area (Å²) < 4.78 is 0. The molecule has 4 nitrogen and oxygen atoms in total. The maximum absolute atomic E-state index is 10.5. The summed E-state index contributed by atoms with van der Waals surface area (Å²) >= 11 is 1.57. The molecule has 4 rings (SSSR count). The summed E-state index contributed by atoms with van der Waals surface area (Å²) in [4.78, 5) is 7.92. The van der Waals surface area contributed by atoms with Crippen LogP contribution in [-0.4, -0.2) is 33.9 Å². The zero-order chi connectivity index (χ0) is 18.1. The first-order valence-electron chi connectivity index (χ1n) is 9.42. The molecule has 0 saturated heterocycles. The minimum Gasteiger partial charge on any atom is -0.510 e. The van der Waals surface area contributed by atoms with E-state index in [2.05, 4.69) is 19.1 Å². The second-order valence-corrected chi connectivity index (χ2v) is 8.55. The van der Waals surface area contributed by atoms with E-state index in [1.807, 2.05) is 23.1 Å². The van der Waals surface area contributed by atoms with Crippen molar-refractivity contribution in [2.24, 2.45) is 5.92 Å². The lowest BCUT2D eigenvalue weighted by atomic mass is 9.89. The Morgan fingerprint density at radius 1 is 1.19 bits per heavy atom. The Morgan fingerprint density at radius 3 is 2.65 bits per heavy atom. The van der Waals surface area contributed by atoms with E-state index in [9.17, 15) is 5.11 Å². The summed E-state index contributed by atoms with van der Waals surface area (Å²) in [7, 11) is 0. The van der Waals surface area contributed by atoms with Gasteiger partial charge in [0, 0.05) is 17.0 Å². The van der Waals surface area contributed by atoms with Gasteiger partial charge in [-0.2, -0.15) is 0 Å². The Labute approximate surface area is 158 Å². The lowest BCUT2D eigenvalue weighted by Gasteiger charge is -2.28. The maximum atomic E-state index is 10.5. The SMILES string of the molecule is Cc1sc(C2=C(O)CN(CC3CCCCC3)C2=N)nc1-c1ccccc1. The molecule has 1 saturated carbocycles. The predicted molar refractivity (Wildman–Crippen MR) is 108 cm³/mol. The van der Waals surface area contributed by atoms with Crippen molar-refractivity contribution in [3.8, 4) is 11.3 Å². The fraction of sp³-hybridized carbons (Fsp3) is 0.429. The monoisotopic (exact) mass is 367 g/mol. The number of aliphatic hydroxyl groups is 1. The van der Waals surface area contributed by atoms with Crippen LogP contribution in [0.1, 0.15) is 42.0 Å². The third-order valence-electron chi connectivity index (χ3n) is 5.44. The first-order chi connectivity index (χ1) is 12.6. The normalized spacial score (nSPS) is 18.8. The number of rotatable bonds is 4. The lowest BCUT2D eigenvalue weighted by molar-refractivity contribution is 0.268. The van der Waals surface area contributed by atoms with Crippen LogP contribution in [0.15, 0.2) is 36.1 Å². The van der Waals surface area contributed by atoms with E-state index in [0.717, 1.165) is 27.7 Å². The highest BCUT2D eigenvalue weighted by Crippen LogP contribution is 2.36. The van der Waals surface area contributed by atoms with Gasteiger partial charge in [0.2, 0.25) is 0 Å². The number of nitrogens with zero attached hydrogens (tertiary/aromatic N) is 2. The first-order valence-corrected chi connectivity index (χ1v) is 10.2. The minimum absolute atomic E-state index is 0.291. The average Bonchev–Trinajstić information content (AvgIpc) is 3.16. The van der Waals surface area contributed by atoms with Gasteiger partial charge in [0.15, 0.2) is 0 Å². The molecule has 0 unspecified atom stereocenters. The second kappa shape index (κ2) is 7.23. The third-order valence-corrected chi connectivity index (χ3v) is 6.43. The van der Waals surface area contributed by atoms with Gasteiger partial charge < -0.3 is 10.0 Å². The molecule has 2 heterocycles. The Balaban J connectivity index is 1.56. The van der Waals surface area contributed by atoms with Gasteiger partial charge in [0.1, 0.15) is 16.6 Å². The Kier molecular flexibility index (Phi) is 4.81. The molecule has 2 aliphatic rings. The van der Waals surface area contributed by atoms with Crippen molar-refractivity contribution < 1.29 is 5.11 Å². The van der Waals surface area contributed by atoms with E-state index in [4.69, 9.17) is 10.4 Å². The van der Waals surface area contributed by atoms with Crippen LogP contribution in [0.3, 0.4) is 0 Å². The molecule has 5 heteroatoms. The molecule has 2 N–H and O–H groups in total. The molecule has 0 radical (unpaired) electrons. The lowest BCUT2D eigenvalue weighted by Crippen LogP contribution is -2.32. The number of amidine groups is 1. The van der Waals surface area contributed by atoms with Crippen LogP contribution < -0.4 is 0 Å². The van der Waals surface area contributed by atoms with E-state index in [1.54, 1.807) is 11.3 Å². The number of hydrogen-bond donors (Lipinski definition) is 2. The highest BCUT2D eigenvalue weighted by Gasteiger charge is 2.32. The average molecular weight is 368 g/mol. The van der Waals surface area contributed by atoms with Gasteiger partial charge >= 0.3 is 0 Å². The number of benzene rings is 1. The summed E-state index contributed by atoms with van der Waals surface area (Å²) in [5.74, 6) is 1.37. The van der Waals surface area contributed by atoms with E-state index in [0.29, 0.717) is 29.6 Å². The van der Waals surface area contributed by atoms with Gasteiger partial charge in [-0.15, -0.1) is 11.3 Å². The fourth-order valence-corrected chi connectivity index (χ4v) is 5.07. The molecule has 1 fully saturated rings. The molecule has 136 valence electrons. The van der Waals surface area contributed by atoms with E-state index in [-0.39, 0.29) is 0 Å². The molecule has 1 aromatic heterocycles. The number of hydrogen-bond acceptors (Lipinski definition) is 4. The van der Waals surface area contributed by atoms with Crippen molar-refractivity contribution in [3.05, 3.63) is 46.0 Å². The first kappa shape index (κ1) is 17.3. The number of aryl methyl sites for hydroxylation is 1. The molecule has 26 heavy (non-hydrogen) atoms. The summed E-state index contributed by atoms with van der Waals surface area (Å²) in [6, 6.07) is 10.1. The molecular weight excluding hydrogens is 342 g/mol. The molecule has 2 aromatic rings. The van der Waals surface area contributed by atoms with Gasteiger partial charge in [-0.05, 0) is 25.7 Å². The molecule has 0 bridgehead atoms. The molecule has 1 aliphatic heterocycles. The van der Waals surface area contributed by atoms with Crippen LogP contribution in [0.2, 0.25) is 0 Å². The zero-order valence-corrected chi connectivity index (χ0v) is 16.0. The highest BCUT2D eigenvalue weighted by atomic mass is 32.1. The topological polar surface area (TPSA) is 60.2 Å². The Morgan fingerprint density at radius 2 is 1.92 bits per heavy atom. The van der Waals surface area contributed by atoms with E-state index in [1.165, 1.54) is 32.1 Å². The predicted octanol–water partition coefficient (Wildman–Crippen LogP) is 5.26. The van der Waals surface area contributed by atoms with Gasteiger partial charge in [-0.25, -0.2) is 4.98 Å². The summed E-state index contributed by atoms with van der Waals surface area (Å²) in [5, 5.41) is 19.9. The Hall–Kier alpha value is -2.14. The summed E-state index contributed by atoms with van der Waals surface area (Å²) in [5.41, 5.74) is 2.65. The van der Waals surface area contributed by atoms with Crippen LogP contribution >= 0.6 is 11.3 Å². The quantitative estimate of drug-likeness (QED) is 0.775. The van der Waals surface area contributed by atoms with Crippen molar-refractivity contribution >= 4 is 22.7 Å². The number of thiazole rings is 1. The van der Waals surface area contributed by atoms with Crippen LogP contribution in [-0.2, 0) is 0 Å². The maximum Gasteiger partial charge on any atom is 0.135 e. The van der Waals surface area contributed by atoms with Crippen LogP contribution in [0.25, 0.3) is 16.8 Å². The van der Waals surface area contributed by atoms with Crippen LogP contribution in [0.5, 0.6) is 0 Å². The van der Waals surface area contributed by atoms with Crippen LogP contribution in [0, 0.1) is 18.3 Å². The van der Waals surface area contributed by atoms with Crippen molar-refractivity contribution in [3.63, 3.8) is 0 Å². The highest BCUT2D eigenvalue weighted by molar-refractivity contribution is 7.13. The van der Waals surface area contributed by atoms with Crippen molar-refractivity contribution in [2.45, 2.75) is 39.0 Å². The van der Waals surface area contributed by atoms with Crippen molar-refractivity contribution in [2.75, 3.05) is 13.1 Å².